The first kappa shape index (κ1) is 23.9. The summed E-state index contributed by atoms with van der Waals surface area (Å²) in [6.07, 6.45) is 0.149. The molecule has 0 bridgehead atoms. The molecule has 9 heteroatoms. The number of urea groups is 1. The van der Waals surface area contributed by atoms with Crippen LogP contribution in [-0.2, 0) is 11.3 Å². The van der Waals surface area contributed by atoms with Crippen LogP contribution in [0.5, 0.6) is 0 Å². The fourth-order valence-electron chi connectivity index (χ4n) is 2.89. The summed E-state index contributed by atoms with van der Waals surface area (Å²) in [4.78, 5) is 27.0. The van der Waals surface area contributed by atoms with Crippen LogP contribution in [0.25, 0.3) is 10.6 Å². The first-order valence-corrected chi connectivity index (χ1v) is 11.8. The fourth-order valence-corrected chi connectivity index (χ4v) is 4.04. The molecule has 0 radical (unpaired) electrons. The third kappa shape index (κ3) is 7.42. The zero-order valence-electron chi connectivity index (χ0n) is 18.3. The topological polar surface area (TPSA) is 87.2 Å². The molecule has 0 atom stereocenters. The van der Waals surface area contributed by atoms with Gasteiger partial charge in [0.25, 0.3) is 0 Å². The number of amides is 3. The number of aromatic nitrogens is 2. The summed E-state index contributed by atoms with van der Waals surface area (Å²) in [6, 6.07) is 17.2. The van der Waals surface area contributed by atoms with Crippen molar-refractivity contribution in [1.82, 2.24) is 20.4 Å². The normalized spacial score (nSPS) is 11.1. The second kappa shape index (κ2) is 10.7. The third-order valence-electron chi connectivity index (χ3n) is 4.34. The SMILES string of the molecule is CC(C)(C)NC(=O)N(CCC(=O)Nc1nnc(-c2cccc(Br)c2)s1)Cc1ccccc1. The minimum atomic E-state index is -0.371. The summed E-state index contributed by atoms with van der Waals surface area (Å²) in [5.41, 5.74) is 1.55. The van der Waals surface area contributed by atoms with Gasteiger partial charge in [-0.25, -0.2) is 4.79 Å². The van der Waals surface area contributed by atoms with Gasteiger partial charge in [0.15, 0.2) is 0 Å². The van der Waals surface area contributed by atoms with Gasteiger partial charge in [0.05, 0.1) is 0 Å². The monoisotopic (exact) mass is 515 g/mol. The molecule has 2 aromatic carbocycles. The number of hydrogen-bond donors (Lipinski definition) is 2. The molecule has 2 N–H and O–H groups in total. The van der Waals surface area contributed by atoms with Gasteiger partial charge >= 0.3 is 6.03 Å². The highest BCUT2D eigenvalue weighted by Gasteiger charge is 2.21. The zero-order chi connectivity index (χ0) is 23.1. The van der Waals surface area contributed by atoms with E-state index in [1.807, 2.05) is 75.4 Å². The molecule has 168 valence electrons. The van der Waals surface area contributed by atoms with E-state index in [2.05, 4.69) is 36.8 Å². The van der Waals surface area contributed by atoms with E-state index >= 15 is 0 Å². The van der Waals surface area contributed by atoms with Crippen molar-refractivity contribution in [3.05, 3.63) is 64.6 Å². The highest BCUT2D eigenvalue weighted by Crippen LogP contribution is 2.28. The van der Waals surface area contributed by atoms with Gasteiger partial charge in [0.2, 0.25) is 11.0 Å². The largest absolute Gasteiger partial charge is 0.333 e. The summed E-state index contributed by atoms with van der Waals surface area (Å²) in [5, 5.41) is 15.1. The molecule has 7 nitrogen and oxygen atoms in total. The molecule has 0 aliphatic carbocycles. The second-order valence-electron chi connectivity index (χ2n) is 8.31. The van der Waals surface area contributed by atoms with Crippen molar-refractivity contribution in [2.75, 3.05) is 11.9 Å². The van der Waals surface area contributed by atoms with E-state index in [1.54, 1.807) is 4.90 Å². The van der Waals surface area contributed by atoms with Crippen LogP contribution < -0.4 is 10.6 Å². The van der Waals surface area contributed by atoms with Crippen molar-refractivity contribution < 1.29 is 9.59 Å². The Kier molecular flexibility index (Phi) is 7.98. The van der Waals surface area contributed by atoms with Crippen LogP contribution >= 0.6 is 27.3 Å². The van der Waals surface area contributed by atoms with Crippen molar-refractivity contribution >= 4 is 44.3 Å². The molecule has 0 unspecified atom stereocenters. The number of hydrogen-bond acceptors (Lipinski definition) is 5. The lowest BCUT2D eigenvalue weighted by molar-refractivity contribution is -0.116. The van der Waals surface area contributed by atoms with Crippen LogP contribution in [0.2, 0.25) is 0 Å². The Hall–Kier alpha value is -2.78. The van der Waals surface area contributed by atoms with E-state index in [4.69, 9.17) is 0 Å². The van der Waals surface area contributed by atoms with E-state index in [0.717, 1.165) is 20.6 Å². The predicted octanol–water partition coefficient (Wildman–Crippen LogP) is 5.31. The zero-order valence-corrected chi connectivity index (χ0v) is 20.7. The number of rotatable bonds is 7. The summed E-state index contributed by atoms with van der Waals surface area (Å²) < 4.78 is 0.947. The number of carbonyl (C=O) groups excluding carboxylic acids is 2. The van der Waals surface area contributed by atoms with Gasteiger partial charge in [-0.15, -0.1) is 10.2 Å². The minimum Gasteiger partial charge on any atom is -0.333 e. The van der Waals surface area contributed by atoms with Gasteiger partial charge in [0, 0.05) is 35.1 Å². The van der Waals surface area contributed by atoms with Gasteiger partial charge in [0.1, 0.15) is 5.01 Å². The van der Waals surface area contributed by atoms with Crippen LogP contribution in [0.15, 0.2) is 59.1 Å². The highest BCUT2D eigenvalue weighted by molar-refractivity contribution is 9.10. The summed E-state index contributed by atoms with van der Waals surface area (Å²) in [6.45, 7) is 6.48. The Balaban J connectivity index is 1.61. The number of nitrogens with one attached hydrogen (secondary N) is 2. The summed E-state index contributed by atoms with van der Waals surface area (Å²) in [7, 11) is 0. The van der Waals surface area contributed by atoms with Gasteiger partial charge < -0.3 is 15.5 Å². The van der Waals surface area contributed by atoms with Crippen molar-refractivity contribution in [3.8, 4) is 10.6 Å². The van der Waals surface area contributed by atoms with E-state index in [9.17, 15) is 9.59 Å². The van der Waals surface area contributed by atoms with Gasteiger partial charge in [-0.3, -0.25) is 4.79 Å². The molecule has 3 aromatic rings. The van der Waals surface area contributed by atoms with Gasteiger partial charge in [-0.2, -0.15) is 0 Å². The lowest BCUT2D eigenvalue weighted by Gasteiger charge is -2.28. The molecule has 0 aliphatic heterocycles. The molecule has 0 saturated heterocycles. The highest BCUT2D eigenvalue weighted by atomic mass is 79.9. The molecule has 1 aromatic heterocycles. The van der Waals surface area contributed by atoms with Crippen LogP contribution in [0, 0.1) is 0 Å². The molecule has 0 spiro atoms. The first-order valence-electron chi connectivity index (χ1n) is 10.2. The molecule has 32 heavy (non-hydrogen) atoms. The number of nitrogens with zero attached hydrogens (tertiary/aromatic N) is 3. The van der Waals surface area contributed by atoms with Gasteiger partial charge in [-0.1, -0.05) is 69.7 Å². The molecule has 3 rings (SSSR count). The molecule has 3 amide bonds. The molecule has 0 saturated carbocycles. The quantitative estimate of drug-likeness (QED) is 0.446. The Labute approximate surface area is 200 Å². The maximum Gasteiger partial charge on any atom is 0.318 e. The van der Waals surface area contributed by atoms with Crippen LogP contribution in [-0.4, -0.2) is 39.1 Å². The van der Waals surface area contributed by atoms with E-state index in [1.165, 1.54) is 11.3 Å². The molecule has 0 aliphatic rings. The predicted molar refractivity (Wildman–Crippen MR) is 131 cm³/mol. The van der Waals surface area contributed by atoms with Crippen LogP contribution in [0.3, 0.4) is 0 Å². The number of benzene rings is 2. The average molecular weight is 516 g/mol. The number of carbonyl (C=O) groups is 2. The molecule has 0 fully saturated rings. The second-order valence-corrected chi connectivity index (χ2v) is 10.2. The van der Waals surface area contributed by atoms with Crippen LogP contribution in [0.4, 0.5) is 9.93 Å². The molecular formula is C23H26BrN5O2S. The number of anilines is 1. The summed E-state index contributed by atoms with van der Waals surface area (Å²) in [5.74, 6) is -0.219. The smallest absolute Gasteiger partial charge is 0.318 e. The third-order valence-corrected chi connectivity index (χ3v) is 5.72. The first-order chi connectivity index (χ1) is 15.2. The summed E-state index contributed by atoms with van der Waals surface area (Å²) >= 11 is 4.75. The maximum atomic E-state index is 12.8. The average Bonchev–Trinajstić information content (AvgIpc) is 3.19. The van der Waals surface area contributed by atoms with Crippen molar-refractivity contribution in [2.24, 2.45) is 0 Å². The van der Waals surface area contributed by atoms with Crippen molar-refractivity contribution in [1.29, 1.82) is 0 Å². The van der Waals surface area contributed by atoms with E-state index in [0.29, 0.717) is 11.7 Å². The lowest BCUT2D eigenvalue weighted by Crippen LogP contribution is -2.48. The molecule has 1 heterocycles. The Bertz CT molecular complexity index is 1070. The standard InChI is InChI=1S/C23H26BrN5O2S/c1-23(2,3)26-22(31)29(15-16-8-5-4-6-9-16)13-12-19(30)25-21-28-27-20(32-21)17-10-7-11-18(24)14-17/h4-11,14H,12-13,15H2,1-3H3,(H,26,31)(H,25,28,30). The van der Waals surface area contributed by atoms with E-state index < -0.39 is 0 Å². The number of halogens is 1. The Morgan fingerprint density at radius 3 is 2.50 bits per heavy atom. The Morgan fingerprint density at radius 2 is 1.81 bits per heavy atom. The minimum absolute atomic E-state index is 0.149. The van der Waals surface area contributed by atoms with Gasteiger partial charge in [-0.05, 0) is 38.5 Å². The lowest BCUT2D eigenvalue weighted by atomic mass is 10.1. The Morgan fingerprint density at radius 1 is 1.06 bits per heavy atom. The van der Waals surface area contributed by atoms with Crippen molar-refractivity contribution in [3.63, 3.8) is 0 Å². The van der Waals surface area contributed by atoms with E-state index in [-0.39, 0.29) is 30.4 Å². The maximum absolute atomic E-state index is 12.8. The van der Waals surface area contributed by atoms with Crippen molar-refractivity contribution in [2.45, 2.75) is 39.3 Å². The van der Waals surface area contributed by atoms with Crippen LogP contribution in [0.1, 0.15) is 32.8 Å². The molecular weight excluding hydrogens is 490 g/mol. The fraction of sp³-hybridized carbons (Fsp3) is 0.304.